The Labute approximate surface area is 179 Å². The molecule has 0 spiro atoms. The number of methoxy groups -OCH3 is 1. The largest absolute Gasteiger partial charge is 0.467 e. The molecule has 172 valence electrons. The number of nitrogens with zero attached hydrogens (tertiary/aromatic N) is 3. The van der Waals surface area contributed by atoms with E-state index in [1.54, 1.807) is 4.90 Å². The van der Waals surface area contributed by atoms with E-state index in [9.17, 15) is 19.2 Å². The number of esters is 1. The van der Waals surface area contributed by atoms with Crippen LogP contribution in [0, 0.1) is 11.8 Å². The highest BCUT2D eigenvalue weighted by molar-refractivity contribution is 5.93. The summed E-state index contributed by atoms with van der Waals surface area (Å²) >= 11 is 0. The van der Waals surface area contributed by atoms with Gasteiger partial charge in [-0.2, -0.15) is 0 Å². The Morgan fingerprint density at radius 2 is 1.77 bits per heavy atom. The fraction of sp³-hybridized carbons (Fsp3) is 0.810. The minimum absolute atomic E-state index is 0.0214. The van der Waals surface area contributed by atoms with Gasteiger partial charge in [-0.25, -0.2) is 4.79 Å². The lowest BCUT2D eigenvalue weighted by atomic mass is 9.98. The molecule has 4 unspecified atom stereocenters. The Kier molecular flexibility index (Phi) is 9.74. The van der Waals surface area contributed by atoms with E-state index in [4.69, 9.17) is 10.5 Å². The van der Waals surface area contributed by atoms with Crippen molar-refractivity contribution in [3.05, 3.63) is 0 Å². The maximum atomic E-state index is 13.0. The van der Waals surface area contributed by atoms with Crippen LogP contribution in [0.15, 0.2) is 0 Å². The minimum atomic E-state index is -0.732. The maximum absolute atomic E-state index is 13.0. The summed E-state index contributed by atoms with van der Waals surface area (Å²) in [7, 11) is 4.34. The van der Waals surface area contributed by atoms with Crippen LogP contribution in [0.4, 0.5) is 0 Å². The molecule has 0 bridgehead atoms. The number of hydrogen-bond donors (Lipinski definition) is 1. The van der Waals surface area contributed by atoms with Gasteiger partial charge in [-0.05, 0) is 24.7 Å². The van der Waals surface area contributed by atoms with Gasteiger partial charge in [-0.1, -0.05) is 34.1 Å². The van der Waals surface area contributed by atoms with Crippen LogP contribution in [0.5, 0.6) is 0 Å². The van der Waals surface area contributed by atoms with Gasteiger partial charge in [0.05, 0.1) is 19.7 Å². The molecule has 0 aromatic carbocycles. The molecule has 0 radical (unpaired) electrons. The van der Waals surface area contributed by atoms with Gasteiger partial charge in [0.2, 0.25) is 17.7 Å². The minimum Gasteiger partial charge on any atom is -0.467 e. The van der Waals surface area contributed by atoms with Crippen LogP contribution < -0.4 is 5.73 Å². The molecule has 3 amide bonds. The molecule has 1 fully saturated rings. The molecule has 0 aromatic heterocycles. The van der Waals surface area contributed by atoms with Crippen LogP contribution in [-0.4, -0.2) is 90.8 Å². The lowest BCUT2D eigenvalue weighted by Gasteiger charge is -2.33. The highest BCUT2D eigenvalue weighted by Crippen LogP contribution is 2.22. The summed E-state index contributed by atoms with van der Waals surface area (Å²) in [6.07, 6.45) is 2.04. The SMILES string of the molecule is CCC(C)C(N)C(=O)N1CCCC1C(=O)N(C)CC(=O)N(C)C(C(=O)OC)C(C)C. The van der Waals surface area contributed by atoms with E-state index in [0.29, 0.717) is 13.0 Å². The predicted molar refractivity (Wildman–Crippen MR) is 113 cm³/mol. The van der Waals surface area contributed by atoms with Crippen molar-refractivity contribution in [2.24, 2.45) is 17.6 Å². The van der Waals surface area contributed by atoms with Crippen molar-refractivity contribution in [1.82, 2.24) is 14.7 Å². The van der Waals surface area contributed by atoms with E-state index in [-0.39, 0.29) is 36.1 Å². The molecule has 2 N–H and O–H groups in total. The van der Waals surface area contributed by atoms with Crippen molar-refractivity contribution in [3.8, 4) is 0 Å². The molecular weight excluding hydrogens is 388 g/mol. The second-order valence-electron chi connectivity index (χ2n) is 8.51. The predicted octanol–water partition coefficient (Wildman–Crippen LogP) is 0.465. The second kappa shape index (κ2) is 11.3. The Hall–Kier alpha value is -2.16. The smallest absolute Gasteiger partial charge is 0.328 e. The van der Waals surface area contributed by atoms with E-state index in [1.165, 1.54) is 31.0 Å². The average Bonchev–Trinajstić information content (AvgIpc) is 3.20. The highest BCUT2D eigenvalue weighted by atomic mass is 16.5. The van der Waals surface area contributed by atoms with Gasteiger partial charge >= 0.3 is 5.97 Å². The maximum Gasteiger partial charge on any atom is 0.328 e. The van der Waals surface area contributed by atoms with Gasteiger partial charge in [0.25, 0.3) is 0 Å². The van der Waals surface area contributed by atoms with Gasteiger partial charge in [0, 0.05) is 20.6 Å². The number of nitrogens with two attached hydrogens (primary N) is 1. The van der Waals surface area contributed by atoms with Crippen molar-refractivity contribution in [3.63, 3.8) is 0 Å². The molecule has 9 nitrogen and oxygen atoms in total. The van der Waals surface area contributed by atoms with Gasteiger partial charge in [-0.3, -0.25) is 14.4 Å². The summed E-state index contributed by atoms with van der Waals surface area (Å²) in [5.41, 5.74) is 6.09. The third-order valence-electron chi connectivity index (χ3n) is 6.00. The van der Waals surface area contributed by atoms with Crippen molar-refractivity contribution in [2.75, 3.05) is 34.3 Å². The van der Waals surface area contributed by atoms with Crippen molar-refractivity contribution in [2.45, 2.75) is 65.1 Å². The molecule has 30 heavy (non-hydrogen) atoms. The first-order valence-corrected chi connectivity index (χ1v) is 10.6. The number of hydrogen-bond acceptors (Lipinski definition) is 6. The van der Waals surface area contributed by atoms with E-state index in [1.807, 2.05) is 27.7 Å². The summed E-state index contributed by atoms with van der Waals surface area (Å²) in [6, 6.07) is -1.99. The van der Waals surface area contributed by atoms with Crippen LogP contribution in [0.1, 0.15) is 47.0 Å². The van der Waals surface area contributed by atoms with E-state index in [2.05, 4.69) is 0 Å². The van der Waals surface area contributed by atoms with Crippen LogP contribution in [0.2, 0.25) is 0 Å². The number of amides is 3. The molecular formula is C21H38N4O5. The fourth-order valence-electron chi connectivity index (χ4n) is 3.78. The van der Waals surface area contributed by atoms with Crippen molar-refractivity contribution >= 4 is 23.7 Å². The summed E-state index contributed by atoms with van der Waals surface area (Å²) in [4.78, 5) is 54.7. The first-order valence-electron chi connectivity index (χ1n) is 10.6. The third-order valence-corrected chi connectivity index (χ3v) is 6.00. The fourth-order valence-corrected chi connectivity index (χ4v) is 3.78. The highest BCUT2D eigenvalue weighted by Gasteiger charge is 2.39. The van der Waals surface area contributed by atoms with Gasteiger partial charge in [-0.15, -0.1) is 0 Å². The number of rotatable bonds is 9. The molecule has 1 heterocycles. The normalized spacial score (nSPS) is 19.2. The zero-order valence-electron chi connectivity index (χ0n) is 19.4. The standard InChI is InChI=1S/C21H38N4O5/c1-8-14(4)17(22)20(28)25-11-9-10-15(25)19(27)23(5)12-16(26)24(6)18(13(2)3)21(29)30-7/h13-15,17-18H,8-12,22H2,1-7H3. The number of likely N-dealkylation sites (N-methyl/N-ethyl adjacent to an activating group) is 2. The molecule has 0 aromatic rings. The molecule has 9 heteroatoms. The Morgan fingerprint density at radius 3 is 2.27 bits per heavy atom. The first kappa shape index (κ1) is 25.9. The first-order chi connectivity index (χ1) is 14.0. The summed E-state index contributed by atoms with van der Waals surface area (Å²) in [6.45, 7) is 7.83. The Bertz CT molecular complexity index is 639. The zero-order chi connectivity index (χ0) is 23.2. The summed E-state index contributed by atoms with van der Waals surface area (Å²) in [5.74, 6) is -1.50. The average molecular weight is 427 g/mol. The lowest BCUT2D eigenvalue weighted by Crippen LogP contribution is -2.55. The van der Waals surface area contributed by atoms with Crippen molar-refractivity contribution < 1.29 is 23.9 Å². The molecule has 0 saturated carbocycles. The summed E-state index contributed by atoms with van der Waals surface area (Å²) in [5, 5.41) is 0. The van der Waals surface area contributed by atoms with E-state index < -0.39 is 24.1 Å². The molecule has 1 rings (SSSR count). The molecule has 0 aliphatic carbocycles. The number of carbonyl (C=O) groups is 4. The van der Waals surface area contributed by atoms with Crippen LogP contribution in [-0.2, 0) is 23.9 Å². The Balaban J connectivity index is 2.84. The van der Waals surface area contributed by atoms with E-state index in [0.717, 1.165) is 12.8 Å². The van der Waals surface area contributed by atoms with Crippen molar-refractivity contribution in [1.29, 1.82) is 0 Å². The van der Waals surface area contributed by atoms with Crippen LogP contribution >= 0.6 is 0 Å². The lowest BCUT2D eigenvalue weighted by molar-refractivity contribution is -0.155. The number of ether oxygens (including phenoxy) is 1. The van der Waals surface area contributed by atoms with E-state index >= 15 is 0 Å². The second-order valence-corrected chi connectivity index (χ2v) is 8.51. The zero-order valence-corrected chi connectivity index (χ0v) is 19.4. The topological polar surface area (TPSA) is 113 Å². The monoisotopic (exact) mass is 426 g/mol. The van der Waals surface area contributed by atoms with Gasteiger partial charge in [0.15, 0.2) is 0 Å². The van der Waals surface area contributed by atoms with Gasteiger partial charge in [0.1, 0.15) is 12.1 Å². The third kappa shape index (κ3) is 5.93. The van der Waals surface area contributed by atoms with Crippen LogP contribution in [0.25, 0.3) is 0 Å². The summed E-state index contributed by atoms with van der Waals surface area (Å²) < 4.78 is 4.80. The molecule has 4 atom stereocenters. The molecule has 1 aliphatic rings. The number of carbonyl (C=O) groups excluding carboxylic acids is 4. The quantitative estimate of drug-likeness (QED) is 0.536. The molecule has 1 aliphatic heterocycles. The van der Waals surface area contributed by atoms with Gasteiger partial charge < -0.3 is 25.2 Å². The Morgan fingerprint density at radius 1 is 1.17 bits per heavy atom. The van der Waals surface area contributed by atoms with Crippen LogP contribution in [0.3, 0.4) is 0 Å². The molecule has 1 saturated heterocycles. The number of likely N-dealkylation sites (tertiary alicyclic amines) is 1.